The lowest BCUT2D eigenvalue weighted by molar-refractivity contribution is -0.488. The highest BCUT2D eigenvalue weighted by atomic mass is 19.4. The molecule has 1 N–H and O–H groups in total. The molecule has 30 heavy (non-hydrogen) atoms. The van der Waals surface area contributed by atoms with E-state index in [9.17, 15) is 53.4 Å². The first-order valence-corrected chi connectivity index (χ1v) is 8.29. The van der Waals surface area contributed by atoms with E-state index >= 15 is 0 Å². The number of aliphatic hydroxyl groups is 1. The maximum Gasteiger partial charge on any atom is 0.384 e. The van der Waals surface area contributed by atoms with Crippen LogP contribution in [0, 0.1) is 0 Å². The molecule has 1 aliphatic carbocycles. The minimum absolute atomic E-state index is 0.136. The third kappa shape index (κ3) is 2.72. The predicted octanol–water partition coefficient (Wildman–Crippen LogP) is 5.58. The Balaban J connectivity index is 2.72. The summed E-state index contributed by atoms with van der Waals surface area (Å²) in [6, 6.07) is 4.25. The molecule has 0 saturated heterocycles. The summed E-state index contributed by atoms with van der Waals surface area (Å²) in [5, 5.41) is 10.4. The first kappa shape index (κ1) is 24.5. The van der Waals surface area contributed by atoms with Crippen molar-refractivity contribution in [1.29, 1.82) is 0 Å². The predicted molar refractivity (Wildman–Crippen MR) is 80.4 cm³/mol. The quantitative estimate of drug-likeness (QED) is 0.582. The van der Waals surface area contributed by atoms with E-state index in [0.717, 1.165) is 18.2 Å². The molecule has 1 saturated carbocycles. The number of ether oxygens (including phenoxy) is 1. The number of alkyl halides is 11. The van der Waals surface area contributed by atoms with Crippen LogP contribution in [-0.4, -0.2) is 47.0 Å². The second-order valence-electron chi connectivity index (χ2n) is 7.05. The summed E-state index contributed by atoms with van der Waals surface area (Å²) in [5.74, 6) is -36.1. The largest absolute Gasteiger partial charge is 0.493 e. The summed E-state index contributed by atoms with van der Waals surface area (Å²) in [6.07, 6.45) is -2.79. The van der Waals surface area contributed by atoms with Crippen molar-refractivity contribution in [2.24, 2.45) is 0 Å². The average molecular weight is 460 g/mol. The molecule has 1 atom stereocenters. The van der Waals surface area contributed by atoms with Gasteiger partial charge in [0.1, 0.15) is 5.75 Å². The van der Waals surface area contributed by atoms with Crippen LogP contribution < -0.4 is 4.74 Å². The van der Waals surface area contributed by atoms with Crippen LogP contribution in [0.25, 0.3) is 0 Å². The van der Waals surface area contributed by atoms with Gasteiger partial charge in [0.25, 0.3) is 5.67 Å². The highest BCUT2D eigenvalue weighted by molar-refractivity contribution is 5.39. The molecular weight excluding hydrogens is 445 g/mol. The lowest BCUT2D eigenvalue weighted by Gasteiger charge is -2.53. The van der Waals surface area contributed by atoms with E-state index in [4.69, 9.17) is 4.74 Å². The Morgan fingerprint density at radius 2 is 1.17 bits per heavy atom. The molecule has 0 spiro atoms. The molecule has 1 fully saturated rings. The Hall–Kier alpha value is -1.79. The van der Waals surface area contributed by atoms with E-state index in [1.807, 2.05) is 0 Å². The van der Waals surface area contributed by atoms with Crippen molar-refractivity contribution >= 4 is 0 Å². The molecule has 2 nitrogen and oxygen atoms in total. The van der Waals surface area contributed by atoms with Gasteiger partial charge in [-0.2, -0.15) is 43.9 Å². The third-order valence-electron chi connectivity index (χ3n) is 4.93. The average Bonchev–Trinajstić information content (AvgIpc) is 2.60. The van der Waals surface area contributed by atoms with E-state index in [0.29, 0.717) is 6.92 Å². The first-order valence-electron chi connectivity index (χ1n) is 8.29. The normalized spacial score (nSPS) is 27.1. The molecule has 0 radical (unpaired) electrons. The molecule has 1 aliphatic rings. The smallest absolute Gasteiger partial charge is 0.384 e. The fourth-order valence-electron chi connectivity index (χ4n) is 3.27. The van der Waals surface area contributed by atoms with E-state index in [2.05, 4.69) is 0 Å². The fourth-order valence-corrected chi connectivity index (χ4v) is 3.27. The molecule has 1 aromatic carbocycles. The van der Waals surface area contributed by atoms with Gasteiger partial charge in [0, 0.05) is 12.0 Å². The Bertz CT molecular complexity index is 775. The van der Waals surface area contributed by atoms with Crippen molar-refractivity contribution < 1.29 is 58.1 Å². The summed E-state index contributed by atoms with van der Waals surface area (Å²) >= 11 is 0. The highest BCUT2D eigenvalue weighted by Crippen LogP contribution is 2.71. The van der Waals surface area contributed by atoms with Gasteiger partial charge in [-0.15, -0.1) is 0 Å². The Kier molecular flexibility index (Phi) is 5.39. The number of para-hydroxylation sites is 1. The van der Waals surface area contributed by atoms with E-state index in [1.165, 1.54) is 13.0 Å². The maximum atomic E-state index is 15.0. The molecule has 0 aromatic heterocycles. The zero-order valence-corrected chi connectivity index (χ0v) is 15.2. The molecular formula is C17H15F11O2. The highest BCUT2D eigenvalue weighted by Gasteiger charge is 3.01. The summed E-state index contributed by atoms with van der Waals surface area (Å²) in [7, 11) is 0. The van der Waals surface area contributed by atoms with Crippen LogP contribution in [0.3, 0.4) is 0 Å². The molecule has 1 aromatic rings. The third-order valence-corrected chi connectivity index (χ3v) is 4.93. The van der Waals surface area contributed by atoms with E-state index < -0.39 is 52.9 Å². The van der Waals surface area contributed by atoms with Crippen molar-refractivity contribution in [2.75, 3.05) is 6.61 Å². The lowest BCUT2D eigenvalue weighted by atomic mass is 9.67. The van der Waals surface area contributed by atoms with Gasteiger partial charge in [0.05, 0.1) is 12.2 Å². The minimum Gasteiger partial charge on any atom is -0.493 e. The molecule has 2 rings (SSSR count). The van der Waals surface area contributed by atoms with Gasteiger partial charge in [-0.1, -0.05) is 18.2 Å². The SMILES string of the molecule is CCOc1ccccc1C(C)(O)CC1(F)C(F)(F)C(F)(F)C(F)(F)C(F)(F)C1(F)F. The first-order chi connectivity index (χ1) is 13.3. The summed E-state index contributed by atoms with van der Waals surface area (Å²) < 4.78 is 157. The summed E-state index contributed by atoms with van der Waals surface area (Å²) in [6.45, 7) is 1.65. The standard InChI is InChI=1S/C17H15F11O2/c1-3-30-10-7-5-4-6-9(10)11(2,29)8-12(18)13(19,20)15(23,24)17(27,28)16(25,26)14(12,21)22/h4-7,29H,3,8H2,1-2H3. The molecule has 0 bridgehead atoms. The zero-order valence-electron chi connectivity index (χ0n) is 15.2. The van der Waals surface area contributed by atoms with Crippen LogP contribution in [0.2, 0.25) is 0 Å². The van der Waals surface area contributed by atoms with Gasteiger partial charge in [-0.05, 0) is 19.9 Å². The Labute approximate surface area is 162 Å². The minimum atomic E-state index is -7.29. The van der Waals surface area contributed by atoms with Crippen molar-refractivity contribution in [3.8, 4) is 5.75 Å². The number of halogens is 11. The molecule has 0 heterocycles. The Morgan fingerprint density at radius 1 is 0.767 bits per heavy atom. The summed E-state index contributed by atoms with van der Waals surface area (Å²) in [5.41, 5.74) is -10.2. The van der Waals surface area contributed by atoms with Gasteiger partial charge in [-0.25, -0.2) is 4.39 Å². The van der Waals surface area contributed by atoms with Crippen LogP contribution >= 0.6 is 0 Å². The van der Waals surface area contributed by atoms with Crippen molar-refractivity contribution in [1.82, 2.24) is 0 Å². The van der Waals surface area contributed by atoms with Gasteiger partial charge < -0.3 is 9.84 Å². The monoisotopic (exact) mass is 460 g/mol. The second kappa shape index (κ2) is 6.60. The van der Waals surface area contributed by atoms with E-state index in [1.54, 1.807) is 0 Å². The van der Waals surface area contributed by atoms with Gasteiger partial charge in [-0.3, -0.25) is 0 Å². The molecule has 13 heteroatoms. The summed E-state index contributed by atoms with van der Waals surface area (Å²) in [4.78, 5) is 0. The van der Waals surface area contributed by atoms with Crippen LogP contribution in [0.1, 0.15) is 25.8 Å². The number of hydrogen-bond donors (Lipinski definition) is 1. The topological polar surface area (TPSA) is 29.5 Å². The van der Waals surface area contributed by atoms with Crippen LogP contribution in [-0.2, 0) is 5.60 Å². The lowest BCUT2D eigenvalue weighted by Crippen LogP contribution is -2.84. The van der Waals surface area contributed by atoms with Crippen molar-refractivity contribution in [3.05, 3.63) is 29.8 Å². The number of hydrogen-bond acceptors (Lipinski definition) is 2. The maximum absolute atomic E-state index is 15.0. The van der Waals surface area contributed by atoms with Crippen LogP contribution in [0.15, 0.2) is 24.3 Å². The number of rotatable bonds is 5. The van der Waals surface area contributed by atoms with Crippen molar-refractivity contribution in [3.63, 3.8) is 0 Å². The zero-order chi connectivity index (χ0) is 23.6. The molecule has 0 amide bonds. The number of benzene rings is 1. The van der Waals surface area contributed by atoms with Crippen LogP contribution in [0.4, 0.5) is 48.3 Å². The molecule has 1 unspecified atom stereocenters. The molecule has 172 valence electrons. The van der Waals surface area contributed by atoms with Gasteiger partial charge in [0.2, 0.25) is 0 Å². The van der Waals surface area contributed by atoms with Crippen LogP contribution in [0.5, 0.6) is 5.75 Å². The second-order valence-corrected chi connectivity index (χ2v) is 7.05. The fraction of sp³-hybridized carbons (Fsp3) is 0.647. The molecule has 0 aliphatic heterocycles. The van der Waals surface area contributed by atoms with Gasteiger partial charge >= 0.3 is 29.6 Å². The van der Waals surface area contributed by atoms with Crippen molar-refractivity contribution in [2.45, 2.75) is 61.2 Å². The van der Waals surface area contributed by atoms with E-state index in [-0.39, 0.29) is 12.4 Å². The Morgan fingerprint density at radius 3 is 1.60 bits per heavy atom. The van der Waals surface area contributed by atoms with Gasteiger partial charge in [0.15, 0.2) is 0 Å².